The number of ether oxygens (including phenoxy) is 2. The number of methoxy groups -OCH3 is 2. The van der Waals surface area contributed by atoms with Gasteiger partial charge in [0.1, 0.15) is 0 Å². The average molecular weight is 220 g/mol. The van der Waals surface area contributed by atoms with Crippen LogP contribution in [0.3, 0.4) is 0 Å². The summed E-state index contributed by atoms with van der Waals surface area (Å²) in [5.74, 6) is 0.283. The Balaban J connectivity index is 0. The summed E-state index contributed by atoms with van der Waals surface area (Å²) < 4.78 is 10.1. The molecule has 1 aromatic rings. The third-order valence-electron chi connectivity index (χ3n) is 1.80. The predicted octanol–water partition coefficient (Wildman–Crippen LogP) is -1.55. The van der Waals surface area contributed by atoms with Crippen LogP contribution in [-0.2, 0) is 11.2 Å². The van der Waals surface area contributed by atoms with Crippen LogP contribution in [0.1, 0.15) is 6.99 Å². The van der Waals surface area contributed by atoms with Crippen molar-refractivity contribution in [2.75, 3.05) is 14.2 Å². The van der Waals surface area contributed by atoms with Gasteiger partial charge in [0.15, 0.2) is 11.5 Å². The molecule has 0 heterocycles. The molecule has 4 nitrogen and oxygen atoms in total. The molecule has 0 fully saturated rings. The van der Waals surface area contributed by atoms with Crippen molar-refractivity contribution in [1.82, 2.24) is 0 Å². The standard InChI is InChI=1S/C10H12O4.Na.H/c1-13-8-4-3-7(6-10(11)12)5-9(8)14-2;;/h3-5H,6H2,1-2H3,(H,11,12);;/q;+1;-1. The van der Waals surface area contributed by atoms with Gasteiger partial charge in [-0.2, -0.15) is 0 Å². The smallest absolute Gasteiger partial charge is 1.00 e. The predicted molar refractivity (Wildman–Crippen MR) is 52.0 cm³/mol. The van der Waals surface area contributed by atoms with Crippen molar-refractivity contribution in [3.63, 3.8) is 0 Å². The van der Waals surface area contributed by atoms with Crippen LogP contribution in [0.25, 0.3) is 0 Å². The van der Waals surface area contributed by atoms with Gasteiger partial charge in [0.2, 0.25) is 0 Å². The fourth-order valence-corrected chi connectivity index (χ4v) is 1.17. The van der Waals surface area contributed by atoms with Crippen molar-refractivity contribution >= 4 is 5.97 Å². The van der Waals surface area contributed by atoms with Crippen LogP contribution in [0.4, 0.5) is 0 Å². The molecule has 1 aromatic carbocycles. The Bertz CT molecular complexity index is 344. The first-order chi connectivity index (χ1) is 6.67. The molecule has 0 radical (unpaired) electrons. The van der Waals surface area contributed by atoms with Crippen LogP contribution in [0.2, 0.25) is 0 Å². The van der Waals surface area contributed by atoms with Crippen molar-refractivity contribution in [3.05, 3.63) is 23.8 Å². The molecular weight excluding hydrogens is 207 g/mol. The summed E-state index contributed by atoms with van der Waals surface area (Å²) in [5.41, 5.74) is 0.690. The van der Waals surface area contributed by atoms with Crippen molar-refractivity contribution in [1.29, 1.82) is 0 Å². The first-order valence-corrected chi connectivity index (χ1v) is 4.10. The maximum Gasteiger partial charge on any atom is 1.00 e. The molecule has 0 amide bonds. The maximum absolute atomic E-state index is 10.5. The van der Waals surface area contributed by atoms with E-state index in [1.165, 1.54) is 14.2 Å². The fraction of sp³-hybridized carbons (Fsp3) is 0.300. The van der Waals surface area contributed by atoms with E-state index in [1.54, 1.807) is 18.2 Å². The summed E-state index contributed by atoms with van der Waals surface area (Å²) >= 11 is 0. The average Bonchev–Trinajstić information content (AvgIpc) is 2.16. The summed E-state index contributed by atoms with van der Waals surface area (Å²) in [7, 11) is 3.05. The molecule has 5 heteroatoms. The normalized spacial score (nSPS) is 8.93. The number of benzene rings is 1. The monoisotopic (exact) mass is 220 g/mol. The van der Waals surface area contributed by atoms with Gasteiger partial charge in [-0.05, 0) is 17.7 Å². The molecule has 0 atom stereocenters. The summed E-state index contributed by atoms with van der Waals surface area (Å²) in [6.07, 6.45) is -0.0135. The van der Waals surface area contributed by atoms with Crippen LogP contribution in [0.15, 0.2) is 18.2 Å². The molecule has 1 N–H and O–H groups in total. The molecule has 0 spiro atoms. The van der Waals surface area contributed by atoms with Gasteiger partial charge in [-0.25, -0.2) is 0 Å². The van der Waals surface area contributed by atoms with Gasteiger partial charge < -0.3 is 16.0 Å². The first kappa shape index (κ1) is 14.3. The molecule has 0 aliphatic rings. The Morgan fingerprint density at radius 3 is 2.40 bits per heavy atom. The molecule has 0 aromatic heterocycles. The molecule has 0 bridgehead atoms. The largest absolute Gasteiger partial charge is 1.00 e. The topological polar surface area (TPSA) is 55.8 Å². The van der Waals surface area contributed by atoms with E-state index in [9.17, 15) is 4.79 Å². The number of rotatable bonds is 4. The third kappa shape index (κ3) is 4.11. The number of hydrogen-bond acceptors (Lipinski definition) is 3. The molecule has 78 valence electrons. The van der Waals surface area contributed by atoms with E-state index in [-0.39, 0.29) is 37.4 Å². The molecular formula is C10H13NaO4. The SMILES string of the molecule is COc1ccc(CC(=O)O)cc1OC.[H-].[Na+]. The molecule has 0 aliphatic carbocycles. The minimum atomic E-state index is -0.864. The Morgan fingerprint density at radius 1 is 1.33 bits per heavy atom. The number of hydrogen-bond donors (Lipinski definition) is 1. The van der Waals surface area contributed by atoms with E-state index in [0.717, 1.165) is 0 Å². The van der Waals surface area contributed by atoms with E-state index in [1.807, 2.05) is 0 Å². The number of carboxylic acid groups (broad SMARTS) is 1. The second kappa shape index (κ2) is 6.71. The van der Waals surface area contributed by atoms with Crippen molar-refractivity contribution < 1.29 is 50.4 Å². The Hall–Kier alpha value is -0.710. The van der Waals surface area contributed by atoms with Crippen LogP contribution in [-0.4, -0.2) is 25.3 Å². The molecule has 1 rings (SSSR count). The zero-order valence-electron chi connectivity index (χ0n) is 10.1. The van der Waals surface area contributed by atoms with Gasteiger partial charge in [-0.3, -0.25) is 4.79 Å². The van der Waals surface area contributed by atoms with Gasteiger partial charge in [0.05, 0.1) is 20.6 Å². The molecule has 0 unspecified atom stereocenters. The van der Waals surface area contributed by atoms with E-state index in [4.69, 9.17) is 14.6 Å². The van der Waals surface area contributed by atoms with Crippen LogP contribution >= 0.6 is 0 Å². The van der Waals surface area contributed by atoms with Gasteiger partial charge in [-0.15, -0.1) is 0 Å². The van der Waals surface area contributed by atoms with E-state index in [0.29, 0.717) is 17.1 Å². The number of carbonyl (C=O) groups is 1. The Kier molecular flexibility index (Phi) is 6.40. The summed E-state index contributed by atoms with van der Waals surface area (Å²) in [5, 5.41) is 8.58. The van der Waals surface area contributed by atoms with E-state index in [2.05, 4.69) is 0 Å². The third-order valence-corrected chi connectivity index (χ3v) is 1.80. The van der Waals surface area contributed by atoms with Gasteiger partial charge in [-0.1, -0.05) is 6.07 Å². The number of carboxylic acids is 1. The zero-order valence-corrected chi connectivity index (χ0v) is 11.1. The molecule has 0 saturated carbocycles. The van der Waals surface area contributed by atoms with Crippen LogP contribution in [0, 0.1) is 0 Å². The summed E-state index contributed by atoms with van der Waals surface area (Å²) in [6, 6.07) is 5.06. The molecule has 0 aliphatic heterocycles. The van der Waals surface area contributed by atoms with Crippen molar-refractivity contribution in [3.8, 4) is 11.5 Å². The van der Waals surface area contributed by atoms with Crippen LogP contribution < -0.4 is 39.0 Å². The summed E-state index contributed by atoms with van der Waals surface area (Å²) in [6.45, 7) is 0. The van der Waals surface area contributed by atoms with Crippen molar-refractivity contribution in [2.24, 2.45) is 0 Å². The second-order valence-electron chi connectivity index (χ2n) is 2.76. The first-order valence-electron chi connectivity index (χ1n) is 4.10. The maximum atomic E-state index is 10.5. The molecule has 15 heavy (non-hydrogen) atoms. The van der Waals surface area contributed by atoms with E-state index >= 15 is 0 Å². The summed E-state index contributed by atoms with van der Waals surface area (Å²) in [4.78, 5) is 10.5. The van der Waals surface area contributed by atoms with E-state index < -0.39 is 5.97 Å². The second-order valence-corrected chi connectivity index (χ2v) is 2.76. The van der Waals surface area contributed by atoms with Gasteiger partial charge in [0.25, 0.3) is 0 Å². The quantitative estimate of drug-likeness (QED) is 0.624. The minimum absolute atomic E-state index is 0. The van der Waals surface area contributed by atoms with Crippen LogP contribution in [0.5, 0.6) is 11.5 Å². The number of aliphatic carboxylic acids is 1. The Labute approximate surface area is 112 Å². The van der Waals surface area contributed by atoms with Gasteiger partial charge >= 0.3 is 35.5 Å². The molecule has 0 saturated heterocycles. The minimum Gasteiger partial charge on any atom is -1.00 e. The van der Waals surface area contributed by atoms with Gasteiger partial charge in [0, 0.05) is 0 Å². The zero-order chi connectivity index (χ0) is 10.6. The van der Waals surface area contributed by atoms with Crippen molar-refractivity contribution in [2.45, 2.75) is 6.42 Å². The fourth-order valence-electron chi connectivity index (χ4n) is 1.17. The Morgan fingerprint density at radius 2 is 1.93 bits per heavy atom.